The summed E-state index contributed by atoms with van der Waals surface area (Å²) < 4.78 is 28.0. The first-order chi connectivity index (χ1) is 22.7. The zero-order valence-corrected chi connectivity index (χ0v) is 25.0. The molecule has 0 saturated heterocycles. The molecule has 0 saturated carbocycles. The average molecular weight is 604 g/mol. The number of nitrogens with zero attached hydrogens (tertiary/aromatic N) is 3. The molecule has 0 aliphatic rings. The zero-order chi connectivity index (χ0) is 31.1. The molecule has 0 unspecified atom stereocenters. The third kappa shape index (κ3) is 6.56. The molecule has 0 spiro atoms. The first-order valence-electron chi connectivity index (χ1n) is 15.1. The standard InChI is InChI=1S/C40H30FN3O2/c41-35-21-18-32(19-22-35)31-14-16-33(17-15-31)36-26-37(44(43-36)40-13-7-8-24-42-40)34-20-23-38(45-27-29-9-3-1-4-10-29)39(25-34)46-28-30-11-5-2-6-12-30/h1-26H,27-28H2. The second-order valence-electron chi connectivity index (χ2n) is 10.8. The minimum absolute atomic E-state index is 0.252. The van der Waals surface area contributed by atoms with Crippen LogP contribution in [-0.2, 0) is 13.2 Å². The number of hydrogen-bond donors (Lipinski definition) is 0. The summed E-state index contributed by atoms with van der Waals surface area (Å²) in [5.41, 5.74) is 7.59. The van der Waals surface area contributed by atoms with Crippen molar-refractivity contribution in [2.75, 3.05) is 0 Å². The minimum atomic E-state index is -0.252. The van der Waals surface area contributed by atoms with Crippen LogP contribution in [0.25, 0.3) is 39.5 Å². The molecular weight excluding hydrogens is 573 g/mol. The van der Waals surface area contributed by atoms with Crippen molar-refractivity contribution >= 4 is 0 Å². The van der Waals surface area contributed by atoms with Gasteiger partial charge in [0.05, 0.1) is 11.4 Å². The minimum Gasteiger partial charge on any atom is -0.485 e. The SMILES string of the molecule is Fc1ccc(-c2ccc(-c3cc(-c4ccc(OCc5ccccc5)c(OCc5ccccc5)c4)n(-c4ccccn4)n3)cc2)cc1. The zero-order valence-electron chi connectivity index (χ0n) is 25.0. The van der Waals surface area contributed by atoms with Crippen molar-refractivity contribution in [2.24, 2.45) is 0 Å². The van der Waals surface area contributed by atoms with Crippen LogP contribution in [0.5, 0.6) is 11.5 Å². The summed E-state index contributed by atoms with van der Waals surface area (Å²) in [7, 11) is 0. The van der Waals surface area contributed by atoms with E-state index in [9.17, 15) is 4.39 Å². The van der Waals surface area contributed by atoms with Gasteiger partial charge in [0, 0.05) is 17.3 Å². The number of pyridine rings is 1. The molecule has 7 aromatic rings. The highest BCUT2D eigenvalue weighted by Gasteiger charge is 2.17. The van der Waals surface area contributed by atoms with Gasteiger partial charge in [-0.1, -0.05) is 103 Å². The number of rotatable bonds is 10. The predicted octanol–water partition coefficient (Wildman–Crippen LogP) is 9.57. The Morgan fingerprint density at radius 1 is 0.522 bits per heavy atom. The smallest absolute Gasteiger partial charge is 0.162 e. The maximum Gasteiger partial charge on any atom is 0.162 e. The van der Waals surface area contributed by atoms with Crippen molar-refractivity contribution in [1.29, 1.82) is 0 Å². The summed E-state index contributed by atoms with van der Waals surface area (Å²) in [4.78, 5) is 4.60. The summed E-state index contributed by atoms with van der Waals surface area (Å²) in [6.45, 7) is 0.822. The lowest BCUT2D eigenvalue weighted by Crippen LogP contribution is -2.03. The highest BCUT2D eigenvalue weighted by molar-refractivity contribution is 5.74. The highest BCUT2D eigenvalue weighted by atomic mass is 19.1. The van der Waals surface area contributed by atoms with E-state index in [1.165, 1.54) is 12.1 Å². The molecule has 0 bridgehead atoms. The van der Waals surface area contributed by atoms with Crippen LogP contribution in [0.1, 0.15) is 11.1 Å². The topological polar surface area (TPSA) is 49.2 Å². The van der Waals surface area contributed by atoms with Gasteiger partial charge in [0.15, 0.2) is 17.3 Å². The molecule has 0 aliphatic heterocycles. The monoisotopic (exact) mass is 603 g/mol. The van der Waals surface area contributed by atoms with E-state index in [0.29, 0.717) is 30.5 Å². The van der Waals surface area contributed by atoms with Gasteiger partial charge in [-0.15, -0.1) is 0 Å². The van der Waals surface area contributed by atoms with Gasteiger partial charge in [0.1, 0.15) is 19.0 Å². The van der Waals surface area contributed by atoms with E-state index in [0.717, 1.165) is 44.8 Å². The Hall–Kier alpha value is -6.01. The summed E-state index contributed by atoms with van der Waals surface area (Å²) >= 11 is 0. The Morgan fingerprint density at radius 3 is 1.72 bits per heavy atom. The molecule has 5 aromatic carbocycles. The van der Waals surface area contributed by atoms with E-state index in [1.54, 1.807) is 18.3 Å². The van der Waals surface area contributed by atoms with Crippen LogP contribution in [0.3, 0.4) is 0 Å². The van der Waals surface area contributed by atoms with Gasteiger partial charge < -0.3 is 9.47 Å². The van der Waals surface area contributed by atoms with E-state index in [1.807, 2.05) is 126 Å². The van der Waals surface area contributed by atoms with Crippen molar-refractivity contribution in [3.05, 3.63) is 175 Å². The molecule has 2 heterocycles. The molecule has 0 aliphatic carbocycles. The predicted molar refractivity (Wildman–Crippen MR) is 179 cm³/mol. The molecule has 2 aromatic heterocycles. The normalized spacial score (nSPS) is 10.9. The average Bonchev–Trinajstić information content (AvgIpc) is 3.57. The van der Waals surface area contributed by atoms with E-state index in [-0.39, 0.29) is 5.82 Å². The van der Waals surface area contributed by atoms with Crippen molar-refractivity contribution in [2.45, 2.75) is 13.2 Å². The van der Waals surface area contributed by atoms with Gasteiger partial charge in [-0.05, 0) is 70.8 Å². The van der Waals surface area contributed by atoms with Gasteiger partial charge in [-0.25, -0.2) is 14.1 Å². The maximum atomic E-state index is 13.5. The van der Waals surface area contributed by atoms with Crippen molar-refractivity contribution in [3.8, 4) is 51.0 Å². The molecular formula is C40H30FN3O2. The van der Waals surface area contributed by atoms with Crippen LogP contribution in [0.4, 0.5) is 4.39 Å². The highest BCUT2D eigenvalue weighted by Crippen LogP contribution is 2.36. The van der Waals surface area contributed by atoms with Crippen LogP contribution in [0.2, 0.25) is 0 Å². The number of hydrogen-bond acceptors (Lipinski definition) is 4. The van der Waals surface area contributed by atoms with Gasteiger partial charge in [0.25, 0.3) is 0 Å². The van der Waals surface area contributed by atoms with Gasteiger partial charge in [-0.2, -0.15) is 5.10 Å². The first kappa shape index (κ1) is 28.7. The lowest BCUT2D eigenvalue weighted by atomic mass is 10.0. The van der Waals surface area contributed by atoms with Crippen LogP contribution < -0.4 is 9.47 Å². The Labute approximate surface area is 267 Å². The second-order valence-corrected chi connectivity index (χ2v) is 10.8. The van der Waals surface area contributed by atoms with Crippen molar-refractivity contribution in [1.82, 2.24) is 14.8 Å². The molecule has 0 atom stereocenters. The van der Waals surface area contributed by atoms with Crippen molar-refractivity contribution in [3.63, 3.8) is 0 Å². The van der Waals surface area contributed by atoms with Gasteiger partial charge in [-0.3, -0.25) is 0 Å². The summed E-state index contributed by atoms with van der Waals surface area (Å²) in [6, 6.07) is 48.6. The Balaban J connectivity index is 1.25. The number of aromatic nitrogens is 3. The van der Waals surface area contributed by atoms with Crippen LogP contribution in [-0.4, -0.2) is 14.8 Å². The second kappa shape index (κ2) is 13.3. The Kier molecular flexibility index (Phi) is 8.32. The van der Waals surface area contributed by atoms with Crippen LogP contribution >= 0.6 is 0 Å². The summed E-state index contributed by atoms with van der Waals surface area (Å²) in [5, 5.41) is 5.00. The lowest BCUT2D eigenvalue weighted by Gasteiger charge is -2.15. The quantitative estimate of drug-likeness (QED) is 0.156. The van der Waals surface area contributed by atoms with E-state index in [4.69, 9.17) is 14.6 Å². The fourth-order valence-corrected chi connectivity index (χ4v) is 5.23. The molecule has 0 radical (unpaired) electrons. The number of benzene rings is 5. The number of halogens is 1. The third-order valence-electron chi connectivity index (χ3n) is 7.65. The maximum absolute atomic E-state index is 13.5. The van der Waals surface area contributed by atoms with Gasteiger partial charge in [0.2, 0.25) is 0 Å². The number of ether oxygens (including phenoxy) is 2. The van der Waals surface area contributed by atoms with E-state index in [2.05, 4.69) is 11.1 Å². The molecule has 0 N–H and O–H groups in total. The van der Waals surface area contributed by atoms with Gasteiger partial charge >= 0.3 is 0 Å². The molecule has 0 amide bonds. The summed E-state index contributed by atoms with van der Waals surface area (Å²) in [6.07, 6.45) is 1.76. The van der Waals surface area contributed by atoms with Crippen LogP contribution in [0.15, 0.2) is 158 Å². The van der Waals surface area contributed by atoms with E-state index >= 15 is 0 Å². The molecule has 6 heteroatoms. The molecule has 0 fully saturated rings. The lowest BCUT2D eigenvalue weighted by molar-refractivity contribution is 0.256. The molecule has 7 rings (SSSR count). The molecule has 224 valence electrons. The molecule has 46 heavy (non-hydrogen) atoms. The largest absolute Gasteiger partial charge is 0.485 e. The Morgan fingerprint density at radius 2 is 1.09 bits per heavy atom. The fraction of sp³-hybridized carbons (Fsp3) is 0.0500. The molecule has 5 nitrogen and oxygen atoms in total. The van der Waals surface area contributed by atoms with Crippen molar-refractivity contribution < 1.29 is 13.9 Å². The fourth-order valence-electron chi connectivity index (χ4n) is 5.23. The first-order valence-corrected chi connectivity index (χ1v) is 15.1. The van der Waals surface area contributed by atoms with E-state index < -0.39 is 0 Å². The Bertz CT molecular complexity index is 2030. The third-order valence-corrected chi connectivity index (χ3v) is 7.65. The summed E-state index contributed by atoms with van der Waals surface area (Å²) in [5.74, 6) is 1.74. The van der Waals surface area contributed by atoms with Crippen LogP contribution in [0, 0.1) is 5.82 Å².